The molecule has 2 aliphatic rings. The molecule has 2 N–H and O–H groups in total. The summed E-state index contributed by atoms with van der Waals surface area (Å²) < 4.78 is 6.10. The lowest BCUT2D eigenvalue weighted by atomic mass is 9.70. The van der Waals surface area contributed by atoms with Gasteiger partial charge in [0.25, 0.3) is 0 Å². The van der Waals surface area contributed by atoms with Gasteiger partial charge in [-0.25, -0.2) is 0 Å². The van der Waals surface area contributed by atoms with Crippen LogP contribution in [0.15, 0.2) is 54.6 Å². The second kappa shape index (κ2) is 8.78. The fourth-order valence-electron chi connectivity index (χ4n) is 5.19. The predicted molar refractivity (Wildman–Crippen MR) is 118 cm³/mol. The highest BCUT2D eigenvalue weighted by atomic mass is 16.5. The topological polar surface area (TPSA) is 61.8 Å². The van der Waals surface area contributed by atoms with E-state index in [1.54, 1.807) is 0 Å². The van der Waals surface area contributed by atoms with Crippen molar-refractivity contribution in [3.05, 3.63) is 65.7 Å². The molecule has 0 aromatic heterocycles. The maximum absolute atomic E-state index is 11.1. The van der Waals surface area contributed by atoms with Crippen molar-refractivity contribution >= 4 is 5.97 Å². The van der Waals surface area contributed by atoms with Gasteiger partial charge in [0, 0.05) is 18.5 Å². The van der Waals surface area contributed by atoms with Crippen LogP contribution in [-0.4, -0.2) is 48.8 Å². The molecule has 2 fully saturated rings. The van der Waals surface area contributed by atoms with Gasteiger partial charge in [-0.05, 0) is 69.0 Å². The van der Waals surface area contributed by atoms with E-state index in [9.17, 15) is 4.79 Å². The number of aliphatic carboxylic acids is 1. The molecule has 0 amide bonds. The lowest BCUT2D eigenvalue weighted by Crippen LogP contribution is -2.44. The van der Waals surface area contributed by atoms with E-state index in [-0.39, 0.29) is 11.6 Å². The molecule has 2 aromatic rings. The van der Waals surface area contributed by atoms with Crippen molar-refractivity contribution in [3.63, 3.8) is 0 Å². The quantitative estimate of drug-likeness (QED) is 0.757. The molecule has 1 heterocycles. The minimum absolute atomic E-state index is 0.0906. The zero-order chi connectivity index (χ0) is 21.1. The van der Waals surface area contributed by atoms with Gasteiger partial charge in [0.05, 0.1) is 0 Å². The Hall–Kier alpha value is -2.37. The summed E-state index contributed by atoms with van der Waals surface area (Å²) >= 11 is 0. The van der Waals surface area contributed by atoms with E-state index < -0.39 is 12.0 Å². The van der Waals surface area contributed by atoms with Crippen molar-refractivity contribution in [2.75, 3.05) is 20.6 Å². The van der Waals surface area contributed by atoms with Crippen LogP contribution in [0.25, 0.3) is 0 Å². The van der Waals surface area contributed by atoms with E-state index in [1.807, 2.05) is 6.07 Å². The predicted octanol–water partition coefficient (Wildman–Crippen LogP) is 4.00. The number of carboxylic acids is 1. The Morgan fingerprint density at radius 1 is 1.10 bits per heavy atom. The van der Waals surface area contributed by atoms with E-state index in [2.05, 4.69) is 72.8 Å². The lowest BCUT2D eigenvalue weighted by molar-refractivity contribution is -0.139. The molecular weight excluding hydrogens is 376 g/mol. The number of benzene rings is 2. The molecule has 4 rings (SSSR count). The Kier molecular flexibility index (Phi) is 6.11. The second-order valence-corrected chi connectivity index (χ2v) is 8.91. The van der Waals surface area contributed by atoms with Crippen molar-refractivity contribution in [1.82, 2.24) is 10.2 Å². The van der Waals surface area contributed by atoms with E-state index >= 15 is 0 Å². The molecule has 0 unspecified atom stereocenters. The van der Waals surface area contributed by atoms with Gasteiger partial charge < -0.3 is 15.2 Å². The van der Waals surface area contributed by atoms with Crippen LogP contribution < -0.4 is 10.1 Å². The standard InChI is InChI=1S/C25H32N2O3/c1-27(2)25(20-8-4-3-5-9-20)13-11-18(12-14-25)19-7-6-10-21(15-19)30-22-16-23(24(28)29)26-17-22/h3-10,15,18,22-23,26H,11-14,16-17H2,1-2H3,(H,28,29)/t18?,22-,23-,25?/m0/s1. The Labute approximate surface area is 179 Å². The number of nitrogens with zero attached hydrogens (tertiary/aromatic N) is 1. The van der Waals surface area contributed by atoms with Gasteiger partial charge in [-0.2, -0.15) is 0 Å². The monoisotopic (exact) mass is 408 g/mol. The molecule has 5 nitrogen and oxygen atoms in total. The van der Waals surface area contributed by atoms with Gasteiger partial charge in [0.15, 0.2) is 0 Å². The summed E-state index contributed by atoms with van der Waals surface area (Å²) in [5, 5.41) is 12.2. The fraction of sp³-hybridized carbons (Fsp3) is 0.480. The fourth-order valence-corrected chi connectivity index (χ4v) is 5.19. The molecular formula is C25H32N2O3. The third-order valence-electron chi connectivity index (χ3n) is 7.00. The molecule has 1 saturated carbocycles. The van der Waals surface area contributed by atoms with E-state index in [1.165, 1.54) is 11.1 Å². The molecule has 5 heteroatoms. The highest BCUT2D eigenvalue weighted by molar-refractivity contribution is 5.73. The number of carbonyl (C=O) groups is 1. The van der Waals surface area contributed by atoms with Gasteiger partial charge >= 0.3 is 5.97 Å². The summed E-state index contributed by atoms with van der Waals surface area (Å²) in [5.74, 6) is 0.566. The lowest BCUT2D eigenvalue weighted by Gasteiger charge is -2.45. The van der Waals surface area contributed by atoms with Gasteiger partial charge in [-0.1, -0.05) is 42.5 Å². The van der Waals surface area contributed by atoms with Crippen LogP contribution in [0, 0.1) is 0 Å². The zero-order valence-corrected chi connectivity index (χ0v) is 17.9. The summed E-state index contributed by atoms with van der Waals surface area (Å²) in [5.41, 5.74) is 2.84. The Morgan fingerprint density at radius 2 is 1.83 bits per heavy atom. The van der Waals surface area contributed by atoms with Gasteiger partial charge in [-0.3, -0.25) is 9.69 Å². The van der Waals surface area contributed by atoms with Crippen molar-refractivity contribution in [2.24, 2.45) is 0 Å². The van der Waals surface area contributed by atoms with Crippen LogP contribution in [0.5, 0.6) is 5.75 Å². The molecule has 30 heavy (non-hydrogen) atoms. The normalized spacial score (nSPS) is 29.1. The van der Waals surface area contributed by atoms with Gasteiger partial charge in [-0.15, -0.1) is 0 Å². The first-order chi connectivity index (χ1) is 14.5. The van der Waals surface area contributed by atoms with Crippen molar-refractivity contribution < 1.29 is 14.6 Å². The first-order valence-corrected chi connectivity index (χ1v) is 10.9. The average Bonchev–Trinajstić information content (AvgIpc) is 3.23. The average molecular weight is 409 g/mol. The molecule has 0 radical (unpaired) electrons. The summed E-state index contributed by atoms with van der Waals surface area (Å²) in [4.78, 5) is 13.5. The smallest absolute Gasteiger partial charge is 0.320 e. The molecule has 2 atom stereocenters. The SMILES string of the molecule is CN(C)C1(c2ccccc2)CCC(c2cccc(O[C@@H]3CN[C@H](C(=O)O)C3)c2)CC1. The van der Waals surface area contributed by atoms with E-state index in [4.69, 9.17) is 9.84 Å². The molecule has 1 aliphatic carbocycles. The minimum atomic E-state index is -0.806. The zero-order valence-electron chi connectivity index (χ0n) is 17.9. The summed E-state index contributed by atoms with van der Waals surface area (Å²) in [7, 11) is 4.39. The van der Waals surface area contributed by atoms with Crippen LogP contribution in [0.4, 0.5) is 0 Å². The molecule has 2 aromatic carbocycles. The van der Waals surface area contributed by atoms with Crippen molar-refractivity contribution in [1.29, 1.82) is 0 Å². The first kappa shape index (κ1) is 20.9. The first-order valence-electron chi connectivity index (χ1n) is 10.9. The maximum atomic E-state index is 11.1. The van der Waals surface area contributed by atoms with Crippen molar-refractivity contribution in [3.8, 4) is 5.75 Å². The largest absolute Gasteiger partial charge is 0.489 e. The van der Waals surface area contributed by atoms with E-state index in [0.29, 0.717) is 18.9 Å². The van der Waals surface area contributed by atoms with E-state index in [0.717, 1.165) is 31.4 Å². The maximum Gasteiger partial charge on any atom is 0.320 e. The third kappa shape index (κ3) is 4.23. The Bertz CT molecular complexity index is 860. The second-order valence-electron chi connectivity index (χ2n) is 8.91. The molecule has 0 spiro atoms. The number of hydrogen-bond acceptors (Lipinski definition) is 4. The minimum Gasteiger partial charge on any atom is -0.489 e. The molecule has 160 valence electrons. The highest BCUT2D eigenvalue weighted by Gasteiger charge is 2.39. The van der Waals surface area contributed by atoms with Gasteiger partial charge in [0.1, 0.15) is 17.9 Å². The summed E-state index contributed by atoms with van der Waals surface area (Å²) in [6.45, 7) is 0.576. The third-order valence-corrected chi connectivity index (χ3v) is 7.00. The number of ether oxygens (including phenoxy) is 1. The molecule has 0 bridgehead atoms. The van der Waals surface area contributed by atoms with Crippen LogP contribution in [-0.2, 0) is 10.3 Å². The van der Waals surface area contributed by atoms with Crippen LogP contribution >= 0.6 is 0 Å². The van der Waals surface area contributed by atoms with Gasteiger partial charge in [0.2, 0.25) is 0 Å². The Balaban J connectivity index is 1.43. The van der Waals surface area contributed by atoms with Crippen LogP contribution in [0.2, 0.25) is 0 Å². The molecule has 1 aliphatic heterocycles. The summed E-state index contributed by atoms with van der Waals surface area (Å²) in [6, 6.07) is 18.8. The number of hydrogen-bond donors (Lipinski definition) is 2. The van der Waals surface area contributed by atoms with Crippen LogP contribution in [0.1, 0.15) is 49.1 Å². The highest BCUT2D eigenvalue weighted by Crippen LogP contribution is 2.46. The number of carboxylic acid groups (broad SMARTS) is 1. The summed E-state index contributed by atoms with van der Waals surface area (Å²) in [6.07, 6.45) is 4.96. The van der Waals surface area contributed by atoms with Crippen molar-refractivity contribution in [2.45, 2.75) is 55.7 Å². The van der Waals surface area contributed by atoms with Crippen LogP contribution in [0.3, 0.4) is 0 Å². The molecule has 1 saturated heterocycles. The number of rotatable bonds is 6. The Morgan fingerprint density at radius 3 is 2.47 bits per heavy atom. The number of nitrogens with one attached hydrogen (secondary N) is 1.